The molecule has 0 radical (unpaired) electrons. The third-order valence-corrected chi connectivity index (χ3v) is 6.63. The summed E-state index contributed by atoms with van der Waals surface area (Å²) >= 11 is 6.03. The van der Waals surface area contributed by atoms with Gasteiger partial charge in [0.05, 0.1) is 6.42 Å². The molecule has 0 aliphatic carbocycles. The zero-order valence-electron chi connectivity index (χ0n) is 15.8. The summed E-state index contributed by atoms with van der Waals surface area (Å²) in [6, 6.07) is 7.52. The highest BCUT2D eigenvalue weighted by atomic mass is 35.5. The van der Waals surface area contributed by atoms with E-state index in [9.17, 15) is 9.90 Å². The number of hydrogen-bond donors (Lipinski definition) is 1. The second kappa shape index (κ2) is 8.73. The van der Waals surface area contributed by atoms with Crippen LogP contribution in [0, 0.1) is 11.3 Å². The lowest BCUT2D eigenvalue weighted by atomic mass is 9.64. The van der Waals surface area contributed by atoms with Crippen molar-refractivity contribution in [2.24, 2.45) is 11.3 Å². The lowest BCUT2D eigenvalue weighted by Gasteiger charge is -2.51. The number of halogens is 1. The predicted octanol–water partition coefficient (Wildman–Crippen LogP) is 3.22. The molecule has 2 fully saturated rings. The first kappa shape index (κ1) is 19.7. The van der Waals surface area contributed by atoms with E-state index in [4.69, 9.17) is 11.6 Å². The van der Waals surface area contributed by atoms with Crippen molar-refractivity contribution < 1.29 is 9.90 Å². The lowest BCUT2D eigenvalue weighted by molar-refractivity contribution is -0.137. The van der Waals surface area contributed by atoms with Crippen LogP contribution in [-0.4, -0.2) is 60.1 Å². The fourth-order valence-electron chi connectivity index (χ4n) is 4.72. The normalized spacial score (nSPS) is 23.3. The number of hydrogen-bond acceptors (Lipinski definition) is 3. The maximum atomic E-state index is 12.7. The topological polar surface area (TPSA) is 43.8 Å². The molecule has 2 saturated heterocycles. The number of benzene rings is 1. The Labute approximate surface area is 162 Å². The van der Waals surface area contributed by atoms with Crippen molar-refractivity contribution >= 4 is 17.5 Å². The van der Waals surface area contributed by atoms with Crippen LogP contribution in [0.3, 0.4) is 0 Å². The molecule has 5 heteroatoms. The minimum absolute atomic E-state index is 0.143. The zero-order valence-corrected chi connectivity index (χ0v) is 16.5. The van der Waals surface area contributed by atoms with E-state index in [0.29, 0.717) is 18.0 Å². The Kier molecular flexibility index (Phi) is 6.60. The number of rotatable bonds is 5. The maximum absolute atomic E-state index is 12.7. The molecule has 2 heterocycles. The molecule has 0 saturated carbocycles. The van der Waals surface area contributed by atoms with Gasteiger partial charge >= 0.3 is 0 Å². The molecule has 1 aromatic carbocycles. The molecular formula is C21H31ClN2O2. The first-order valence-corrected chi connectivity index (χ1v) is 10.3. The molecular weight excluding hydrogens is 348 g/mol. The quantitative estimate of drug-likeness (QED) is 0.855. The predicted molar refractivity (Wildman–Crippen MR) is 105 cm³/mol. The highest BCUT2D eigenvalue weighted by Crippen LogP contribution is 2.45. The van der Waals surface area contributed by atoms with Gasteiger partial charge in [0.1, 0.15) is 0 Å². The van der Waals surface area contributed by atoms with Gasteiger partial charge in [-0.3, -0.25) is 4.79 Å². The van der Waals surface area contributed by atoms with Crippen LogP contribution in [0.4, 0.5) is 0 Å². The van der Waals surface area contributed by atoms with Gasteiger partial charge in [-0.15, -0.1) is 0 Å². The minimum Gasteiger partial charge on any atom is -0.396 e. The van der Waals surface area contributed by atoms with Crippen molar-refractivity contribution in [3.8, 4) is 0 Å². The molecule has 0 bridgehead atoms. The Balaban J connectivity index is 1.60. The fourth-order valence-corrected chi connectivity index (χ4v) is 4.93. The van der Waals surface area contributed by atoms with Gasteiger partial charge in [0.15, 0.2) is 0 Å². The molecule has 1 aromatic rings. The Hall–Kier alpha value is -1.10. The number of carbonyl (C=O) groups excluding carboxylic acids is 1. The second-order valence-corrected chi connectivity index (χ2v) is 8.42. The number of likely N-dealkylation sites (tertiary alicyclic amines) is 2. The van der Waals surface area contributed by atoms with Gasteiger partial charge in [0.2, 0.25) is 5.91 Å². The van der Waals surface area contributed by atoms with Gasteiger partial charge in [-0.05, 0) is 68.4 Å². The van der Waals surface area contributed by atoms with E-state index in [-0.39, 0.29) is 23.8 Å². The largest absolute Gasteiger partial charge is 0.396 e. The van der Waals surface area contributed by atoms with Crippen molar-refractivity contribution in [1.29, 1.82) is 0 Å². The van der Waals surface area contributed by atoms with Crippen molar-refractivity contribution in [2.45, 2.75) is 39.0 Å². The summed E-state index contributed by atoms with van der Waals surface area (Å²) in [5.74, 6) is 0.340. The number of carbonyl (C=O) groups is 1. The number of aliphatic hydroxyl groups excluding tert-OH is 1. The highest BCUT2D eigenvalue weighted by Gasteiger charge is 2.45. The van der Waals surface area contributed by atoms with Crippen LogP contribution >= 0.6 is 11.6 Å². The number of piperidine rings is 2. The van der Waals surface area contributed by atoms with Gasteiger partial charge in [0, 0.05) is 30.6 Å². The smallest absolute Gasteiger partial charge is 0.227 e. The molecule has 144 valence electrons. The van der Waals surface area contributed by atoms with E-state index in [1.807, 2.05) is 29.2 Å². The first-order valence-electron chi connectivity index (χ1n) is 9.92. The summed E-state index contributed by atoms with van der Waals surface area (Å²) in [7, 11) is 0. The van der Waals surface area contributed by atoms with Crippen LogP contribution in [0.1, 0.15) is 38.2 Å². The van der Waals surface area contributed by atoms with Crippen LogP contribution in [0.25, 0.3) is 0 Å². The highest BCUT2D eigenvalue weighted by molar-refractivity contribution is 6.30. The number of nitrogens with zero attached hydrogens (tertiary/aromatic N) is 2. The van der Waals surface area contributed by atoms with Gasteiger partial charge in [-0.2, -0.15) is 0 Å². The van der Waals surface area contributed by atoms with Gasteiger partial charge in [0.25, 0.3) is 0 Å². The van der Waals surface area contributed by atoms with E-state index in [1.165, 1.54) is 13.0 Å². The summed E-state index contributed by atoms with van der Waals surface area (Å²) in [5, 5.41) is 10.7. The Bertz CT molecular complexity index is 614. The summed E-state index contributed by atoms with van der Waals surface area (Å²) in [6.07, 6.45) is 4.89. The van der Waals surface area contributed by atoms with E-state index < -0.39 is 0 Å². The van der Waals surface area contributed by atoms with Gasteiger partial charge < -0.3 is 14.9 Å². The number of amides is 1. The summed E-state index contributed by atoms with van der Waals surface area (Å²) in [4.78, 5) is 17.2. The van der Waals surface area contributed by atoms with Gasteiger partial charge in [-0.25, -0.2) is 0 Å². The molecule has 0 aromatic heterocycles. The molecule has 4 nitrogen and oxygen atoms in total. The van der Waals surface area contributed by atoms with E-state index in [0.717, 1.165) is 44.5 Å². The van der Waals surface area contributed by atoms with Crippen molar-refractivity contribution in [3.05, 3.63) is 34.9 Å². The molecule has 1 N–H and O–H groups in total. The van der Waals surface area contributed by atoms with Crippen molar-refractivity contribution in [2.75, 3.05) is 39.3 Å². The standard InChI is InChI=1S/C21H31ClN2O2/c1-2-9-23-10-6-21(7-11-23)8-12-24(15-18(21)16-25)20(26)14-17-4-3-5-19(22)13-17/h3-5,13,18,25H,2,6-12,14-16H2,1H3. The second-order valence-electron chi connectivity index (χ2n) is 7.98. The molecule has 3 rings (SSSR count). The summed E-state index contributed by atoms with van der Waals surface area (Å²) in [6.45, 7) is 7.32. The Morgan fingerprint density at radius 1 is 1.27 bits per heavy atom. The van der Waals surface area contributed by atoms with Crippen LogP contribution < -0.4 is 0 Å². The number of aliphatic hydroxyl groups is 1. The van der Waals surface area contributed by atoms with E-state index >= 15 is 0 Å². The van der Waals surface area contributed by atoms with Crippen LogP contribution in [-0.2, 0) is 11.2 Å². The minimum atomic E-state index is 0.143. The summed E-state index contributed by atoms with van der Waals surface area (Å²) in [5.41, 5.74) is 1.17. The maximum Gasteiger partial charge on any atom is 0.227 e. The van der Waals surface area contributed by atoms with E-state index in [2.05, 4.69) is 11.8 Å². The molecule has 1 spiro atoms. The van der Waals surface area contributed by atoms with Crippen LogP contribution in [0.5, 0.6) is 0 Å². The molecule has 2 aliphatic heterocycles. The monoisotopic (exact) mass is 378 g/mol. The summed E-state index contributed by atoms with van der Waals surface area (Å²) < 4.78 is 0. The zero-order chi connectivity index (χ0) is 18.6. The van der Waals surface area contributed by atoms with Gasteiger partial charge in [-0.1, -0.05) is 30.7 Å². The first-order chi connectivity index (χ1) is 12.6. The Morgan fingerprint density at radius 2 is 2.00 bits per heavy atom. The molecule has 1 unspecified atom stereocenters. The third-order valence-electron chi connectivity index (χ3n) is 6.40. The molecule has 2 aliphatic rings. The molecule has 26 heavy (non-hydrogen) atoms. The van der Waals surface area contributed by atoms with Crippen molar-refractivity contribution in [1.82, 2.24) is 9.80 Å². The van der Waals surface area contributed by atoms with E-state index in [1.54, 1.807) is 0 Å². The molecule has 1 atom stereocenters. The van der Waals surface area contributed by atoms with Crippen molar-refractivity contribution in [3.63, 3.8) is 0 Å². The Morgan fingerprint density at radius 3 is 2.65 bits per heavy atom. The fraction of sp³-hybridized carbons (Fsp3) is 0.667. The SMILES string of the molecule is CCCN1CCC2(CC1)CCN(C(=O)Cc1cccc(Cl)c1)CC2CO. The average Bonchev–Trinajstić information content (AvgIpc) is 2.64. The lowest BCUT2D eigenvalue weighted by Crippen LogP contribution is -2.54. The van der Waals surface area contributed by atoms with Crippen LogP contribution in [0.15, 0.2) is 24.3 Å². The third kappa shape index (κ3) is 4.41. The average molecular weight is 379 g/mol. The van der Waals surface area contributed by atoms with Crippen LogP contribution in [0.2, 0.25) is 5.02 Å². The molecule has 1 amide bonds.